The molecule has 0 saturated carbocycles. The van der Waals surface area contributed by atoms with E-state index in [0.29, 0.717) is 11.5 Å². The number of ether oxygens (including phenoxy) is 1. The van der Waals surface area contributed by atoms with Gasteiger partial charge in [0.15, 0.2) is 11.5 Å². The summed E-state index contributed by atoms with van der Waals surface area (Å²) < 4.78 is 5.72. The Balaban J connectivity index is 2.31. The fourth-order valence-corrected chi connectivity index (χ4v) is 2.03. The third-order valence-electron chi connectivity index (χ3n) is 2.41. The molecular weight excluding hydrogens is 357 g/mol. The third kappa shape index (κ3) is 3.34. The highest BCUT2D eigenvalue weighted by molar-refractivity contribution is 14.1. The van der Waals surface area contributed by atoms with Gasteiger partial charge in [-0.3, -0.25) is 0 Å². The van der Waals surface area contributed by atoms with Crippen molar-refractivity contribution in [3.8, 4) is 0 Å². The van der Waals surface area contributed by atoms with Crippen LogP contribution in [0.4, 0.5) is 17.2 Å². The number of methoxy groups -OCH3 is 1. The maximum absolute atomic E-state index is 11.4. The summed E-state index contributed by atoms with van der Waals surface area (Å²) in [7, 11) is 1.31. The van der Waals surface area contributed by atoms with E-state index in [-0.39, 0.29) is 5.69 Å². The van der Waals surface area contributed by atoms with Crippen LogP contribution in [0.2, 0.25) is 0 Å². The largest absolute Gasteiger partial charge is 0.464 e. The highest BCUT2D eigenvalue weighted by Gasteiger charge is 2.10. The van der Waals surface area contributed by atoms with Gasteiger partial charge in [-0.25, -0.2) is 9.78 Å². The summed E-state index contributed by atoms with van der Waals surface area (Å²) in [5, 5.41) is 3.08. The van der Waals surface area contributed by atoms with Crippen molar-refractivity contribution in [2.24, 2.45) is 0 Å². The van der Waals surface area contributed by atoms with Crippen LogP contribution < -0.4 is 11.1 Å². The first-order valence-electron chi connectivity index (χ1n) is 5.47. The molecule has 3 N–H and O–H groups in total. The first-order chi connectivity index (χ1) is 9.10. The van der Waals surface area contributed by atoms with Crippen LogP contribution in [0.1, 0.15) is 10.5 Å². The quantitative estimate of drug-likeness (QED) is 0.643. The van der Waals surface area contributed by atoms with E-state index < -0.39 is 5.97 Å². The van der Waals surface area contributed by atoms with Crippen LogP contribution in [0.3, 0.4) is 0 Å². The summed E-state index contributed by atoms with van der Waals surface area (Å²) in [4.78, 5) is 15.6. The minimum absolute atomic E-state index is 0.213. The molecule has 2 aromatic rings. The van der Waals surface area contributed by atoms with Gasteiger partial charge < -0.3 is 15.8 Å². The van der Waals surface area contributed by atoms with E-state index in [2.05, 4.69) is 37.6 Å². The van der Waals surface area contributed by atoms with Crippen LogP contribution in [0.5, 0.6) is 0 Å². The van der Waals surface area contributed by atoms with Gasteiger partial charge in [0.25, 0.3) is 0 Å². The number of esters is 1. The van der Waals surface area contributed by atoms with Crippen LogP contribution in [0, 0.1) is 3.57 Å². The monoisotopic (exact) mass is 369 g/mol. The standard InChI is InChI=1S/C13H12IN3O2/c1-19-13(18)11-6-5-10(15)12(17-11)16-9-4-2-3-8(14)7-9/h2-7H,15H2,1H3,(H,16,17). The van der Waals surface area contributed by atoms with E-state index >= 15 is 0 Å². The van der Waals surface area contributed by atoms with Gasteiger partial charge in [0, 0.05) is 9.26 Å². The van der Waals surface area contributed by atoms with E-state index in [1.807, 2.05) is 24.3 Å². The molecule has 19 heavy (non-hydrogen) atoms. The van der Waals surface area contributed by atoms with Crippen LogP contribution in [-0.2, 0) is 4.74 Å². The Kier molecular flexibility index (Phi) is 4.20. The van der Waals surface area contributed by atoms with E-state index in [9.17, 15) is 4.79 Å². The number of nitrogens with two attached hydrogens (primary N) is 1. The number of rotatable bonds is 3. The number of aromatic nitrogens is 1. The molecule has 0 fully saturated rings. The molecule has 0 aliphatic heterocycles. The maximum Gasteiger partial charge on any atom is 0.356 e. The molecule has 0 radical (unpaired) electrons. The fraction of sp³-hybridized carbons (Fsp3) is 0.0769. The Bertz CT molecular complexity index is 617. The summed E-state index contributed by atoms with van der Waals surface area (Å²) in [5.74, 6) is -0.0596. The number of anilines is 3. The zero-order valence-corrected chi connectivity index (χ0v) is 12.3. The zero-order chi connectivity index (χ0) is 13.8. The van der Waals surface area contributed by atoms with Crippen molar-refractivity contribution in [1.29, 1.82) is 0 Å². The van der Waals surface area contributed by atoms with Gasteiger partial charge >= 0.3 is 5.97 Å². The minimum atomic E-state index is -0.495. The number of carbonyl (C=O) groups excluding carboxylic acids is 1. The predicted molar refractivity (Wildman–Crippen MR) is 82.4 cm³/mol. The zero-order valence-electron chi connectivity index (χ0n) is 10.2. The Morgan fingerprint density at radius 3 is 2.84 bits per heavy atom. The molecule has 0 bridgehead atoms. The number of nitrogens with one attached hydrogen (secondary N) is 1. The van der Waals surface area contributed by atoms with E-state index in [4.69, 9.17) is 5.73 Å². The summed E-state index contributed by atoms with van der Waals surface area (Å²) >= 11 is 2.21. The summed E-state index contributed by atoms with van der Waals surface area (Å²) in [6.45, 7) is 0. The van der Waals surface area contributed by atoms with Crippen molar-refractivity contribution >= 4 is 45.8 Å². The first kappa shape index (κ1) is 13.6. The smallest absolute Gasteiger partial charge is 0.356 e. The Hall–Kier alpha value is -1.83. The topological polar surface area (TPSA) is 77.2 Å². The van der Waals surface area contributed by atoms with Crippen molar-refractivity contribution in [2.45, 2.75) is 0 Å². The molecule has 98 valence electrons. The predicted octanol–water partition coefficient (Wildman–Crippen LogP) is 2.80. The number of benzene rings is 1. The van der Waals surface area contributed by atoms with Crippen molar-refractivity contribution in [1.82, 2.24) is 4.98 Å². The molecular formula is C13H12IN3O2. The second kappa shape index (κ2) is 5.87. The van der Waals surface area contributed by atoms with Crippen molar-refractivity contribution in [3.05, 3.63) is 45.7 Å². The molecule has 1 aromatic carbocycles. The molecule has 5 nitrogen and oxygen atoms in total. The summed E-state index contributed by atoms with van der Waals surface area (Å²) in [6, 6.07) is 10.9. The normalized spacial score (nSPS) is 10.0. The average molecular weight is 369 g/mol. The molecule has 0 amide bonds. The Morgan fingerprint density at radius 2 is 2.16 bits per heavy atom. The van der Waals surface area contributed by atoms with E-state index in [0.717, 1.165) is 9.26 Å². The highest BCUT2D eigenvalue weighted by Crippen LogP contribution is 2.22. The average Bonchev–Trinajstić information content (AvgIpc) is 2.40. The van der Waals surface area contributed by atoms with Crippen molar-refractivity contribution in [2.75, 3.05) is 18.2 Å². The van der Waals surface area contributed by atoms with Crippen LogP contribution in [-0.4, -0.2) is 18.1 Å². The number of hydrogen-bond donors (Lipinski definition) is 2. The van der Waals surface area contributed by atoms with Gasteiger partial charge in [-0.15, -0.1) is 0 Å². The lowest BCUT2D eigenvalue weighted by Crippen LogP contribution is -2.07. The number of nitrogen functional groups attached to an aromatic ring is 1. The Labute approximate surface area is 124 Å². The molecule has 1 aromatic heterocycles. The molecule has 0 saturated heterocycles. The summed E-state index contributed by atoms with van der Waals surface area (Å²) in [5.41, 5.74) is 7.37. The minimum Gasteiger partial charge on any atom is -0.464 e. The fourth-order valence-electron chi connectivity index (χ4n) is 1.49. The molecule has 0 atom stereocenters. The number of hydrogen-bond acceptors (Lipinski definition) is 5. The Morgan fingerprint density at radius 1 is 1.37 bits per heavy atom. The molecule has 0 unspecified atom stereocenters. The molecule has 2 rings (SSSR count). The van der Waals surface area contributed by atoms with Crippen LogP contribution in [0.15, 0.2) is 36.4 Å². The summed E-state index contributed by atoms with van der Waals surface area (Å²) in [6.07, 6.45) is 0. The van der Waals surface area contributed by atoms with Crippen LogP contribution >= 0.6 is 22.6 Å². The molecule has 1 heterocycles. The van der Waals surface area contributed by atoms with E-state index in [1.54, 1.807) is 6.07 Å². The lowest BCUT2D eigenvalue weighted by molar-refractivity contribution is 0.0594. The van der Waals surface area contributed by atoms with Crippen molar-refractivity contribution < 1.29 is 9.53 Å². The second-order valence-corrected chi connectivity index (χ2v) is 5.01. The van der Waals surface area contributed by atoms with Crippen molar-refractivity contribution in [3.63, 3.8) is 0 Å². The van der Waals surface area contributed by atoms with Gasteiger partial charge in [-0.1, -0.05) is 6.07 Å². The molecule has 6 heteroatoms. The van der Waals surface area contributed by atoms with Crippen LogP contribution in [0.25, 0.3) is 0 Å². The van der Waals surface area contributed by atoms with Gasteiger partial charge in [0.2, 0.25) is 0 Å². The maximum atomic E-state index is 11.4. The second-order valence-electron chi connectivity index (χ2n) is 3.76. The highest BCUT2D eigenvalue weighted by atomic mass is 127. The third-order valence-corrected chi connectivity index (χ3v) is 3.08. The van der Waals surface area contributed by atoms with Gasteiger partial charge in [0.1, 0.15) is 0 Å². The number of nitrogens with zero attached hydrogens (tertiary/aromatic N) is 1. The van der Waals surface area contributed by atoms with Gasteiger partial charge in [0.05, 0.1) is 12.8 Å². The lowest BCUT2D eigenvalue weighted by atomic mass is 10.3. The lowest BCUT2D eigenvalue weighted by Gasteiger charge is -2.09. The first-order valence-corrected chi connectivity index (χ1v) is 6.55. The number of pyridine rings is 1. The molecule has 0 aliphatic rings. The van der Waals surface area contributed by atoms with E-state index in [1.165, 1.54) is 13.2 Å². The number of halogens is 1. The SMILES string of the molecule is COC(=O)c1ccc(N)c(Nc2cccc(I)c2)n1. The van der Waals surface area contributed by atoms with Gasteiger partial charge in [-0.05, 0) is 52.9 Å². The molecule has 0 aliphatic carbocycles. The molecule has 0 spiro atoms. The van der Waals surface area contributed by atoms with Gasteiger partial charge in [-0.2, -0.15) is 0 Å². The number of carbonyl (C=O) groups is 1.